The van der Waals surface area contributed by atoms with Crippen molar-refractivity contribution in [2.45, 2.75) is 24.9 Å². The summed E-state index contributed by atoms with van der Waals surface area (Å²) in [6, 6.07) is 1.49. The Bertz CT molecular complexity index is 415. The van der Waals surface area contributed by atoms with Crippen LogP contribution in [-0.2, 0) is 0 Å². The number of aliphatic hydroxyl groups is 1. The second-order valence-corrected chi connectivity index (χ2v) is 4.40. The molecule has 0 radical (unpaired) electrons. The van der Waals surface area contributed by atoms with E-state index in [1.165, 1.54) is 17.2 Å². The van der Waals surface area contributed by atoms with Crippen LogP contribution in [0.15, 0.2) is 12.3 Å². The second-order valence-electron chi connectivity index (χ2n) is 4.40. The van der Waals surface area contributed by atoms with Crippen LogP contribution in [0.1, 0.15) is 6.92 Å². The molecule has 1 fully saturated rings. The van der Waals surface area contributed by atoms with Gasteiger partial charge in [-0.25, -0.2) is 13.8 Å². The minimum Gasteiger partial charge on any atom is -0.387 e. The number of anilines is 2. The van der Waals surface area contributed by atoms with Gasteiger partial charge in [-0.2, -0.15) is 4.98 Å². The number of hydrogen-bond donors (Lipinski definition) is 2. The summed E-state index contributed by atoms with van der Waals surface area (Å²) >= 11 is 0. The number of nitrogens with zero attached hydrogens (tertiary/aromatic N) is 3. The quantitative estimate of drug-likeness (QED) is 0.743. The number of nitrogens with two attached hydrogens (primary N) is 1. The van der Waals surface area contributed by atoms with Crippen LogP contribution in [-0.4, -0.2) is 46.1 Å². The van der Waals surface area contributed by atoms with E-state index in [9.17, 15) is 13.9 Å². The number of alkyl halides is 2. The lowest BCUT2D eigenvalue weighted by molar-refractivity contribution is -0.0545. The second kappa shape index (κ2) is 4.06. The third-order valence-corrected chi connectivity index (χ3v) is 2.80. The lowest BCUT2D eigenvalue weighted by Crippen LogP contribution is -2.59. The fourth-order valence-electron chi connectivity index (χ4n) is 1.89. The standard InChI is InChI=1S/C10H14F2N4O/c1-10(12)5-16(4-6(11)8(10)17)9-14-3-2-7(13)15-9/h2-3,6,8,17H,4-5H2,1H3,(H2,13,14,15)/t6-,8-,10+/m0/s1. The van der Waals surface area contributed by atoms with E-state index in [-0.39, 0.29) is 24.9 Å². The van der Waals surface area contributed by atoms with E-state index in [1.54, 1.807) is 0 Å². The Morgan fingerprint density at radius 2 is 2.35 bits per heavy atom. The van der Waals surface area contributed by atoms with Crippen molar-refractivity contribution in [3.63, 3.8) is 0 Å². The van der Waals surface area contributed by atoms with Crippen LogP contribution in [0.2, 0.25) is 0 Å². The van der Waals surface area contributed by atoms with E-state index in [2.05, 4.69) is 9.97 Å². The Hall–Kier alpha value is -1.50. The summed E-state index contributed by atoms with van der Waals surface area (Å²) in [4.78, 5) is 9.15. The van der Waals surface area contributed by atoms with Gasteiger partial charge in [-0.3, -0.25) is 0 Å². The summed E-state index contributed by atoms with van der Waals surface area (Å²) in [6.45, 7) is 0.838. The van der Waals surface area contributed by atoms with Crippen molar-refractivity contribution >= 4 is 11.8 Å². The van der Waals surface area contributed by atoms with Gasteiger partial charge in [-0.1, -0.05) is 0 Å². The Kier molecular flexibility index (Phi) is 2.86. The lowest BCUT2D eigenvalue weighted by Gasteiger charge is -2.40. The van der Waals surface area contributed by atoms with Crippen molar-refractivity contribution < 1.29 is 13.9 Å². The van der Waals surface area contributed by atoms with Gasteiger partial charge in [0.05, 0.1) is 13.1 Å². The molecule has 1 aromatic heterocycles. The van der Waals surface area contributed by atoms with Gasteiger partial charge in [0, 0.05) is 6.20 Å². The Morgan fingerprint density at radius 1 is 1.65 bits per heavy atom. The molecule has 0 aliphatic carbocycles. The molecule has 17 heavy (non-hydrogen) atoms. The van der Waals surface area contributed by atoms with Crippen molar-refractivity contribution in [1.82, 2.24) is 9.97 Å². The van der Waals surface area contributed by atoms with Gasteiger partial charge in [0.25, 0.3) is 0 Å². The molecule has 5 nitrogen and oxygen atoms in total. The summed E-state index contributed by atoms with van der Waals surface area (Å²) < 4.78 is 27.4. The third kappa shape index (κ3) is 2.28. The molecule has 2 heterocycles. The van der Waals surface area contributed by atoms with E-state index in [4.69, 9.17) is 5.73 Å². The Morgan fingerprint density at radius 3 is 2.94 bits per heavy atom. The molecule has 3 atom stereocenters. The molecule has 7 heteroatoms. The highest BCUT2D eigenvalue weighted by Gasteiger charge is 2.46. The van der Waals surface area contributed by atoms with Gasteiger partial charge in [0.15, 0.2) is 5.67 Å². The van der Waals surface area contributed by atoms with Crippen molar-refractivity contribution in [2.75, 3.05) is 23.7 Å². The minimum atomic E-state index is -2.04. The number of rotatable bonds is 1. The van der Waals surface area contributed by atoms with Crippen molar-refractivity contribution in [2.24, 2.45) is 0 Å². The summed E-state index contributed by atoms with van der Waals surface area (Å²) in [5.41, 5.74) is 3.44. The summed E-state index contributed by atoms with van der Waals surface area (Å²) in [7, 11) is 0. The number of nitrogen functional groups attached to an aromatic ring is 1. The smallest absolute Gasteiger partial charge is 0.227 e. The first-order chi connectivity index (χ1) is 7.90. The average molecular weight is 244 g/mol. The first-order valence-corrected chi connectivity index (χ1v) is 5.24. The first-order valence-electron chi connectivity index (χ1n) is 5.24. The van der Waals surface area contributed by atoms with Crippen LogP contribution >= 0.6 is 0 Å². The molecule has 0 spiro atoms. The molecule has 1 aliphatic rings. The predicted octanol–water partition coefficient (Wildman–Crippen LogP) is 0.306. The molecule has 94 valence electrons. The SMILES string of the molecule is C[C@@]1(F)CN(c2nccc(N)n2)C[C@H](F)[C@@H]1O. The Labute approximate surface area is 97.3 Å². The maximum absolute atomic E-state index is 13.9. The fourth-order valence-corrected chi connectivity index (χ4v) is 1.89. The molecule has 0 amide bonds. The van der Waals surface area contributed by atoms with E-state index >= 15 is 0 Å². The predicted molar refractivity (Wildman–Crippen MR) is 59.1 cm³/mol. The maximum Gasteiger partial charge on any atom is 0.227 e. The summed E-state index contributed by atoms with van der Waals surface area (Å²) in [6.07, 6.45) is -1.88. The fraction of sp³-hybridized carbons (Fsp3) is 0.600. The van der Waals surface area contributed by atoms with Gasteiger partial charge in [-0.15, -0.1) is 0 Å². The zero-order valence-electron chi connectivity index (χ0n) is 9.35. The van der Waals surface area contributed by atoms with Gasteiger partial charge < -0.3 is 15.7 Å². The van der Waals surface area contributed by atoms with Crippen molar-refractivity contribution in [1.29, 1.82) is 0 Å². The number of piperidine rings is 1. The molecule has 1 aliphatic heterocycles. The number of halogens is 2. The van der Waals surface area contributed by atoms with Crippen LogP contribution in [0.3, 0.4) is 0 Å². The van der Waals surface area contributed by atoms with Crippen LogP contribution in [0.4, 0.5) is 20.5 Å². The number of hydrogen-bond acceptors (Lipinski definition) is 5. The molecule has 2 rings (SSSR count). The molecule has 0 bridgehead atoms. The van der Waals surface area contributed by atoms with Crippen LogP contribution in [0.5, 0.6) is 0 Å². The largest absolute Gasteiger partial charge is 0.387 e. The average Bonchev–Trinajstić information content (AvgIpc) is 2.25. The van der Waals surface area contributed by atoms with Gasteiger partial charge >= 0.3 is 0 Å². The molecule has 0 aromatic carbocycles. The van der Waals surface area contributed by atoms with Crippen LogP contribution in [0.25, 0.3) is 0 Å². The van der Waals surface area contributed by atoms with Crippen molar-refractivity contribution in [3.8, 4) is 0 Å². The van der Waals surface area contributed by atoms with E-state index in [0.29, 0.717) is 0 Å². The summed E-state index contributed by atoms with van der Waals surface area (Å²) in [5, 5.41) is 9.38. The summed E-state index contributed by atoms with van der Waals surface area (Å²) in [5.74, 6) is 0.403. The topological polar surface area (TPSA) is 75.3 Å². The lowest BCUT2D eigenvalue weighted by atomic mass is 9.92. The molecule has 0 unspecified atom stereocenters. The highest BCUT2D eigenvalue weighted by atomic mass is 19.2. The molecule has 3 N–H and O–H groups in total. The maximum atomic E-state index is 13.9. The van der Waals surface area contributed by atoms with E-state index in [0.717, 1.165) is 6.92 Å². The monoisotopic (exact) mass is 244 g/mol. The highest BCUT2D eigenvalue weighted by molar-refractivity contribution is 5.39. The molecule has 1 saturated heterocycles. The van der Waals surface area contributed by atoms with Gasteiger partial charge in [0.2, 0.25) is 5.95 Å². The highest BCUT2D eigenvalue weighted by Crippen LogP contribution is 2.29. The van der Waals surface area contributed by atoms with Gasteiger partial charge in [-0.05, 0) is 13.0 Å². The van der Waals surface area contributed by atoms with E-state index in [1.807, 2.05) is 0 Å². The van der Waals surface area contributed by atoms with E-state index < -0.39 is 17.9 Å². The Balaban J connectivity index is 2.24. The number of aromatic nitrogens is 2. The molecular formula is C10H14F2N4O. The molecule has 0 saturated carbocycles. The minimum absolute atomic E-state index is 0.149. The molecule has 1 aromatic rings. The normalized spacial score (nSPS) is 33.8. The number of aliphatic hydroxyl groups excluding tert-OH is 1. The first kappa shape index (κ1) is 12.0. The third-order valence-electron chi connectivity index (χ3n) is 2.80. The zero-order chi connectivity index (χ0) is 12.6. The zero-order valence-corrected chi connectivity index (χ0v) is 9.35. The van der Waals surface area contributed by atoms with Crippen LogP contribution < -0.4 is 10.6 Å². The van der Waals surface area contributed by atoms with Crippen molar-refractivity contribution in [3.05, 3.63) is 12.3 Å². The van der Waals surface area contributed by atoms with Crippen LogP contribution in [0, 0.1) is 0 Å². The van der Waals surface area contributed by atoms with Gasteiger partial charge in [0.1, 0.15) is 18.1 Å². The molecular weight excluding hydrogens is 230 g/mol.